The van der Waals surface area contributed by atoms with Gasteiger partial charge in [-0.15, -0.1) is 0 Å². The Morgan fingerprint density at radius 3 is 2.76 bits per heavy atom. The van der Waals surface area contributed by atoms with Crippen LogP contribution in [-0.4, -0.2) is 21.7 Å². The van der Waals surface area contributed by atoms with Crippen molar-refractivity contribution in [2.45, 2.75) is 6.92 Å². The fourth-order valence-electron chi connectivity index (χ4n) is 1.51. The van der Waals surface area contributed by atoms with Gasteiger partial charge in [-0.05, 0) is 47.2 Å². The Balaban J connectivity index is 2.34. The van der Waals surface area contributed by atoms with Gasteiger partial charge >= 0.3 is 0 Å². The maximum absolute atomic E-state index is 12.0. The molecule has 1 aromatic rings. The summed E-state index contributed by atoms with van der Waals surface area (Å²) in [7, 11) is 0. The first-order chi connectivity index (χ1) is 8.13. The lowest BCUT2D eigenvalue weighted by molar-refractivity contribution is -0.121. The van der Waals surface area contributed by atoms with E-state index in [1.165, 1.54) is 11.8 Å². The third-order valence-electron chi connectivity index (χ3n) is 2.38. The SMILES string of the molecule is CCN1C(=O)/C(=C\c2ccccc2I)SC1=S. The molecule has 0 radical (unpaired) electrons. The zero-order chi connectivity index (χ0) is 12.4. The number of rotatable bonds is 2. The molecule has 5 heteroatoms. The predicted octanol–water partition coefficient (Wildman–Crippen LogP) is 3.51. The number of carbonyl (C=O) groups is 1. The minimum absolute atomic E-state index is 0.0159. The van der Waals surface area contributed by atoms with E-state index < -0.39 is 0 Å². The molecule has 1 fully saturated rings. The molecule has 0 saturated carbocycles. The highest BCUT2D eigenvalue weighted by molar-refractivity contribution is 14.1. The molecule has 1 aliphatic heterocycles. The summed E-state index contributed by atoms with van der Waals surface area (Å²) in [6.07, 6.45) is 1.91. The van der Waals surface area contributed by atoms with Crippen molar-refractivity contribution in [3.05, 3.63) is 38.3 Å². The molecule has 0 bridgehead atoms. The normalized spacial score (nSPS) is 18.2. The number of likely N-dealkylation sites (N-methyl/N-ethyl adjacent to an activating group) is 1. The third-order valence-corrected chi connectivity index (χ3v) is 4.74. The molecule has 0 atom stereocenters. The first-order valence-electron chi connectivity index (χ1n) is 5.13. The minimum Gasteiger partial charge on any atom is -0.293 e. The first kappa shape index (κ1) is 13.0. The van der Waals surface area contributed by atoms with Crippen molar-refractivity contribution in [3.8, 4) is 0 Å². The Labute approximate surface area is 124 Å². The number of hydrogen-bond donors (Lipinski definition) is 0. The zero-order valence-electron chi connectivity index (χ0n) is 9.14. The molecule has 1 aliphatic rings. The highest BCUT2D eigenvalue weighted by atomic mass is 127. The van der Waals surface area contributed by atoms with Gasteiger partial charge in [-0.1, -0.05) is 42.2 Å². The van der Waals surface area contributed by atoms with E-state index in [4.69, 9.17) is 12.2 Å². The topological polar surface area (TPSA) is 20.3 Å². The van der Waals surface area contributed by atoms with Gasteiger partial charge in [0.1, 0.15) is 4.32 Å². The summed E-state index contributed by atoms with van der Waals surface area (Å²) >= 11 is 8.81. The summed E-state index contributed by atoms with van der Waals surface area (Å²) in [4.78, 5) is 14.3. The second kappa shape index (κ2) is 5.49. The third kappa shape index (κ3) is 2.71. The molecule has 0 unspecified atom stereocenters. The Morgan fingerprint density at radius 1 is 1.47 bits per heavy atom. The number of halogens is 1. The Bertz CT molecular complexity index is 513. The Kier molecular flexibility index (Phi) is 4.22. The minimum atomic E-state index is 0.0159. The number of benzene rings is 1. The largest absolute Gasteiger partial charge is 0.293 e. The molecular weight excluding hydrogens is 365 g/mol. The molecule has 1 aromatic carbocycles. The van der Waals surface area contributed by atoms with Gasteiger partial charge in [-0.25, -0.2) is 0 Å². The van der Waals surface area contributed by atoms with E-state index >= 15 is 0 Å². The van der Waals surface area contributed by atoms with Crippen molar-refractivity contribution in [1.29, 1.82) is 0 Å². The van der Waals surface area contributed by atoms with Crippen LogP contribution in [0.25, 0.3) is 6.08 Å². The van der Waals surface area contributed by atoms with E-state index in [1.807, 2.05) is 37.3 Å². The van der Waals surface area contributed by atoms with E-state index in [2.05, 4.69) is 22.6 Å². The highest BCUT2D eigenvalue weighted by Gasteiger charge is 2.30. The first-order valence-corrected chi connectivity index (χ1v) is 7.43. The van der Waals surface area contributed by atoms with Crippen molar-refractivity contribution < 1.29 is 4.79 Å². The molecule has 2 rings (SSSR count). The monoisotopic (exact) mass is 375 g/mol. The van der Waals surface area contributed by atoms with Gasteiger partial charge in [0, 0.05) is 10.1 Å². The summed E-state index contributed by atoms with van der Waals surface area (Å²) in [6.45, 7) is 2.56. The lowest BCUT2D eigenvalue weighted by Gasteiger charge is -2.09. The molecule has 1 heterocycles. The molecule has 17 heavy (non-hydrogen) atoms. The van der Waals surface area contributed by atoms with Crippen molar-refractivity contribution in [3.63, 3.8) is 0 Å². The van der Waals surface area contributed by atoms with Crippen LogP contribution in [0, 0.1) is 3.57 Å². The van der Waals surface area contributed by atoms with Crippen LogP contribution in [0.15, 0.2) is 29.2 Å². The van der Waals surface area contributed by atoms with Crippen molar-refractivity contribution in [2.24, 2.45) is 0 Å². The molecular formula is C12H10INOS2. The van der Waals surface area contributed by atoms with Gasteiger partial charge in [-0.2, -0.15) is 0 Å². The average molecular weight is 375 g/mol. The summed E-state index contributed by atoms with van der Waals surface area (Å²) in [6, 6.07) is 7.97. The summed E-state index contributed by atoms with van der Waals surface area (Å²) in [5.74, 6) is 0.0159. The van der Waals surface area contributed by atoms with Gasteiger partial charge in [0.15, 0.2) is 0 Å². The second-order valence-electron chi connectivity index (χ2n) is 3.45. The maximum Gasteiger partial charge on any atom is 0.266 e. The Hall–Kier alpha value is -0.400. The van der Waals surface area contributed by atoms with Gasteiger partial charge in [0.25, 0.3) is 5.91 Å². The molecule has 1 saturated heterocycles. The molecule has 2 nitrogen and oxygen atoms in total. The number of thiocarbonyl (C=S) groups is 1. The summed E-state index contributed by atoms with van der Waals surface area (Å²) in [5.41, 5.74) is 1.06. The van der Waals surface area contributed by atoms with Gasteiger partial charge in [-0.3, -0.25) is 9.69 Å². The van der Waals surface area contributed by atoms with Crippen LogP contribution in [0.2, 0.25) is 0 Å². The van der Waals surface area contributed by atoms with Crippen LogP contribution in [0.5, 0.6) is 0 Å². The van der Waals surface area contributed by atoms with Gasteiger partial charge in [0.2, 0.25) is 0 Å². The average Bonchev–Trinajstić information content (AvgIpc) is 2.57. The van der Waals surface area contributed by atoms with E-state index in [9.17, 15) is 4.79 Å². The van der Waals surface area contributed by atoms with Crippen LogP contribution in [-0.2, 0) is 4.79 Å². The quantitative estimate of drug-likeness (QED) is 0.448. The summed E-state index contributed by atoms with van der Waals surface area (Å²) in [5, 5.41) is 0. The van der Waals surface area contributed by atoms with Crippen LogP contribution < -0.4 is 0 Å². The smallest absolute Gasteiger partial charge is 0.266 e. The molecule has 0 N–H and O–H groups in total. The fraction of sp³-hybridized carbons (Fsp3) is 0.167. The van der Waals surface area contributed by atoms with Crippen molar-refractivity contribution in [2.75, 3.05) is 6.54 Å². The van der Waals surface area contributed by atoms with Crippen molar-refractivity contribution in [1.82, 2.24) is 4.90 Å². The molecule has 0 aliphatic carbocycles. The van der Waals surface area contributed by atoms with Crippen LogP contribution in [0.3, 0.4) is 0 Å². The van der Waals surface area contributed by atoms with Crippen LogP contribution >= 0.6 is 46.6 Å². The van der Waals surface area contributed by atoms with Gasteiger partial charge in [0.05, 0.1) is 4.91 Å². The fourth-order valence-corrected chi connectivity index (χ4v) is 3.42. The predicted molar refractivity (Wildman–Crippen MR) is 84.7 cm³/mol. The second-order valence-corrected chi connectivity index (χ2v) is 6.29. The lowest BCUT2D eigenvalue weighted by Crippen LogP contribution is -2.27. The van der Waals surface area contributed by atoms with Crippen molar-refractivity contribution >= 4 is 62.9 Å². The molecule has 0 aromatic heterocycles. The van der Waals surface area contributed by atoms with Gasteiger partial charge < -0.3 is 0 Å². The maximum atomic E-state index is 12.0. The van der Waals surface area contributed by atoms with E-state index in [1.54, 1.807) is 4.90 Å². The van der Waals surface area contributed by atoms with Crippen LogP contribution in [0.4, 0.5) is 0 Å². The number of carbonyl (C=O) groups excluding carboxylic acids is 1. The molecule has 0 spiro atoms. The Morgan fingerprint density at radius 2 is 2.18 bits per heavy atom. The summed E-state index contributed by atoms with van der Waals surface area (Å²) < 4.78 is 1.78. The number of hydrogen-bond acceptors (Lipinski definition) is 3. The van der Waals surface area contributed by atoms with E-state index in [-0.39, 0.29) is 5.91 Å². The lowest BCUT2D eigenvalue weighted by atomic mass is 10.2. The number of thioether (sulfide) groups is 1. The van der Waals surface area contributed by atoms with Crippen LogP contribution in [0.1, 0.15) is 12.5 Å². The standard InChI is InChI=1S/C12H10INOS2/c1-2-14-11(15)10(17-12(14)16)7-8-5-3-4-6-9(8)13/h3-7H,2H2,1H3/b10-7+. The van der Waals surface area contributed by atoms with E-state index in [0.29, 0.717) is 15.8 Å². The zero-order valence-corrected chi connectivity index (χ0v) is 12.9. The molecule has 88 valence electrons. The number of amides is 1. The number of nitrogens with zero attached hydrogens (tertiary/aromatic N) is 1. The van der Waals surface area contributed by atoms with E-state index in [0.717, 1.165) is 9.13 Å². The highest BCUT2D eigenvalue weighted by Crippen LogP contribution is 2.32. The molecule has 1 amide bonds.